The number of aliphatic hydroxyl groups excluding tert-OH is 1. The van der Waals surface area contributed by atoms with Crippen LogP contribution in [0.2, 0.25) is 0 Å². The molecule has 1 aromatic rings. The molecule has 3 atom stereocenters. The highest BCUT2D eigenvalue weighted by Crippen LogP contribution is 2.31. The Morgan fingerprint density at radius 2 is 2.06 bits per heavy atom. The van der Waals surface area contributed by atoms with Crippen LogP contribution in [0.3, 0.4) is 0 Å². The van der Waals surface area contributed by atoms with E-state index in [2.05, 4.69) is 6.92 Å². The summed E-state index contributed by atoms with van der Waals surface area (Å²) in [7, 11) is 1.64. The molecule has 1 aliphatic rings. The second kappa shape index (κ2) is 6.18. The van der Waals surface area contributed by atoms with E-state index in [4.69, 9.17) is 14.2 Å². The molecule has 0 amide bonds. The van der Waals surface area contributed by atoms with E-state index < -0.39 is 6.29 Å². The van der Waals surface area contributed by atoms with Crippen molar-refractivity contribution < 1.29 is 19.3 Å². The lowest BCUT2D eigenvalue weighted by molar-refractivity contribution is -0.248. The zero-order valence-electron chi connectivity index (χ0n) is 10.8. The third kappa shape index (κ3) is 2.83. The lowest BCUT2D eigenvalue weighted by atomic mass is 9.99. The molecule has 0 bridgehead atoms. The van der Waals surface area contributed by atoms with Crippen LogP contribution in [0, 0.1) is 5.92 Å². The minimum absolute atomic E-state index is 0.0362. The van der Waals surface area contributed by atoms with Crippen molar-refractivity contribution in [1.82, 2.24) is 0 Å². The Bertz CT molecular complexity index is 363. The van der Waals surface area contributed by atoms with Crippen molar-refractivity contribution >= 4 is 0 Å². The lowest BCUT2D eigenvalue weighted by Gasteiger charge is -2.35. The molecule has 1 N–H and O–H groups in total. The highest BCUT2D eigenvalue weighted by atomic mass is 16.7. The molecule has 100 valence electrons. The molecule has 1 saturated heterocycles. The number of hydrogen-bond donors (Lipinski definition) is 1. The number of methoxy groups -OCH3 is 1. The maximum Gasteiger partial charge on any atom is 0.184 e. The van der Waals surface area contributed by atoms with Gasteiger partial charge in [-0.15, -0.1) is 0 Å². The minimum Gasteiger partial charge on any atom is -0.497 e. The van der Waals surface area contributed by atoms with Gasteiger partial charge in [0.2, 0.25) is 0 Å². The summed E-state index contributed by atoms with van der Waals surface area (Å²) in [6.07, 6.45) is 0.410. The van der Waals surface area contributed by atoms with Gasteiger partial charge in [0.1, 0.15) is 5.75 Å². The van der Waals surface area contributed by atoms with Crippen molar-refractivity contribution in [2.45, 2.75) is 25.7 Å². The first-order valence-electron chi connectivity index (χ1n) is 6.30. The number of hydrogen-bond acceptors (Lipinski definition) is 4. The Morgan fingerprint density at radius 3 is 2.61 bits per heavy atom. The number of ether oxygens (including phenoxy) is 3. The number of rotatable bonds is 4. The van der Waals surface area contributed by atoms with Gasteiger partial charge in [0.15, 0.2) is 6.29 Å². The molecule has 0 aromatic heterocycles. The molecule has 0 aliphatic carbocycles. The predicted molar refractivity (Wildman–Crippen MR) is 67.4 cm³/mol. The van der Waals surface area contributed by atoms with Gasteiger partial charge in [0, 0.05) is 11.5 Å². The molecule has 4 nitrogen and oxygen atoms in total. The second-order valence-corrected chi connectivity index (χ2v) is 4.46. The SMILES string of the molecule is CC[C@H]1CO[C@H](c2ccc(OC)cc2)O[C@@H]1CO. The topological polar surface area (TPSA) is 47.9 Å². The third-order valence-electron chi connectivity index (χ3n) is 3.38. The highest BCUT2D eigenvalue weighted by Gasteiger charge is 2.31. The average molecular weight is 252 g/mol. The molecule has 0 unspecified atom stereocenters. The molecule has 1 heterocycles. The summed E-state index contributed by atoms with van der Waals surface area (Å²) in [5.74, 6) is 1.07. The fourth-order valence-electron chi connectivity index (χ4n) is 2.14. The zero-order chi connectivity index (χ0) is 13.0. The van der Waals surface area contributed by atoms with E-state index in [1.165, 1.54) is 0 Å². The van der Waals surface area contributed by atoms with E-state index in [1.807, 2.05) is 24.3 Å². The van der Waals surface area contributed by atoms with Crippen molar-refractivity contribution in [3.05, 3.63) is 29.8 Å². The lowest BCUT2D eigenvalue weighted by Crippen LogP contribution is -2.38. The first-order valence-corrected chi connectivity index (χ1v) is 6.30. The largest absolute Gasteiger partial charge is 0.497 e. The van der Waals surface area contributed by atoms with Crippen molar-refractivity contribution in [2.24, 2.45) is 5.92 Å². The van der Waals surface area contributed by atoms with Gasteiger partial charge in [-0.05, 0) is 18.6 Å². The van der Waals surface area contributed by atoms with Gasteiger partial charge >= 0.3 is 0 Å². The molecule has 0 saturated carbocycles. The van der Waals surface area contributed by atoms with Crippen LogP contribution < -0.4 is 4.74 Å². The molecule has 0 spiro atoms. The van der Waals surface area contributed by atoms with Crippen LogP contribution in [0.15, 0.2) is 24.3 Å². The monoisotopic (exact) mass is 252 g/mol. The van der Waals surface area contributed by atoms with Crippen LogP contribution >= 0.6 is 0 Å². The standard InChI is InChI=1S/C14H20O4/c1-3-10-9-17-14(18-13(10)8-15)11-4-6-12(16-2)7-5-11/h4-7,10,13-15H,3,8-9H2,1-2H3/t10-,13+,14-/m0/s1. The van der Waals surface area contributed by atoms with Crippen molar-refractivity contribution in [1.29, 1.82) is 0 Å². The van der Waals surface area contributed by atoms with Crippen LogP contribution in [0.5, 0.6) is 5.75 Å². The van der Waals surface area contributed by atoms with Gasteiger partial charge in [-0.3, -0.25) is 0 Å². The van der Waals surface area contributed by atoms with Gasteiger partial charge in [-0.1, -0.05) is 19.1 Å². The smallest absolute Gasteiger partial charge is 0.184 e. The molecule has 1 aromatic carbocycles. The van der Waals surface area contributed by atoms with E-state index in [0.29, 0.717) is 6.61 Å². The summed E-state index contributed by atoms with van der Waals surface area (Å²) in [4.78, 5) is 0. The van der Waals surface area contributed by atoms with E-state index >= 15 is 0 Å². The van der Waals surface area contributed by atoms with Gasteiger partial charge < -0.3 is 19.3 Å². The van der Waals surface area contributed by atoms with Crippen molar-refractivity contribution in [2.75, 3.05) is 20.3 Å². The minimum atomic E-state index is -0.393. The second-order valence-electron chi connectivity index (χ2n) is 4.46. The molecular weight excluding hydrogens is 232 g/mol. The molecule has 1 fully saturated rings. The Hall–Kier alpha value is -1.10. The summed E-state index contributed by atoms with van der Waals surface area (Å²) in [6, 6.07) is 7.60. The average Bonchev–Trinajstić information content (AvgIpc) is 2.46. The van der Waals surface area contributed by atoms with Gasteiger partial charge in [-0.2, -0.15) is 0 Å². The maximum absolute atomic E-state index is 9.34. The van der Waals surface area contributed by atoms with E-state index in [1.54, 1.807) is 7.11 Å². The molecule has 2 rings (SSSR count). The van der Waals surface area contributed by atoms with Gasteiger partial charge in [0.25, 0.3) is 0 Å². The van der Waals surface area contributed by atoms with Crippen LogP contribution in [0.25, 0.3) is 0 Å². The van der Waals surface area contributed by atoms with Crippen LogP contribution in [0.4, 0.5) is 0 Å². The maximum atomic E-state index is 9.34. The normalized spacial score (nSPS) is 28.1. The zero-order valence-corrected chi connectivity index (χ0v) is 10.8. The highest BCUT2D eigenvalue weighted by molar-refractivity contribution is 5.27. The first-order chi connectivity index (χ1) is 8.78. The van der Waals surface area contributed by atoms with Crippen LogP contribution in [-0.2, 0) is 9.47 Å². The summed E-state index contributed by atoms with van der Waals surface area (Å²) in [5, 5.41) is 9.34. The Labute approximate surface area is 107 Å². The Kier molecular flexibility index (Phi) is 4.58. The number of aliphatic hydroxyl groups is 1. The van der Waals surface area contributed by atoms with Crippen LogP contribution in [0.1, 0.15) is 25.2 Å². The van der Waals surface area contributed by atoms with Crippen molar-refractivity contribution in [3.63, 3.8) is 0 Å². The summed E-state index contributed by atoms with van der Waals surface area (Å²) < 4.78 is 16.6. The predicted octanol–water partition coefficient (Wildman–Crippen LogP) is 2.13. The Morgan fingerprint density at radius 1 is 1.33 bits per heavy atom. The van der Waals surface area contributed by atoms with E-state index in [-0.39, 0.29) is 18.6 Å². The van der Waals surface area contributed by atoms with Crippen molar-refractivity contribution in [3.8, 4) is 5.75 Å². The fraction of sp³-hybridized carbons (Fsp3) is 0.571. The third-order valence-corrected chi connectivity index (χ3v) is 3.38. The molecular formula is C14H20O4. The molecule has 0 radical (unpaired) electrons. The van der Waals surface area contributed by atoms with E-state index in [0.717, 1.165) is 17.7 Å². The fourth-order valence-corrected chi connectivity index (χ4v) is 2.14. The van der Waals surface area contributed by atoms with Gasteiger partial charge in [-0.25, -0.2) is 0 Å². The summed E-state index contributed by atoms with van der Waals surface area (Å²) >= 11 is 0. The quantitative estimate of drug-likeness (QED) is 0.891. The summed E-state index contributed by atoms with van der Waals surface area (Å²) in [6.45, 7) is 2.74. The molecule has 1 aliphatic heterocycles. The van der Waals surface area contributed by atoms with Crippen LogP contribution in [-0.4, -0.2) is 31.5 Å². The first kappa shape index (κ1) is 13.3. The molecule has 4 heteroatoms. The summed E-state index contributed by atoms with van der Waals surface area (Å²) in [5.41, 5.74) is 0.948. The Balaban J connectivity index is 2.05. The van der Waals surface area contributed by atoms with E-state index in [9.17, 15) is 5.11 Å². The van der Waals surface area contributed by atoms with Gasteiger partial charge in [0.05, 0.1) is 26.4 Å². The number of benzene rings is 1. The molecule has 18 heavy (non-hydrogen) atoms.